The second-order valence-corrected chi connectivity index (χ2v) is 6.34. The molecule has 0 spiro atoms. The van der Waals surface area contributed by atoms with Crippen molar-refractivity contribution in [2.75, 3.05) is 12.9 Å². The summed E-state index contributed by atoms with van der Waals surface area (Å²) in [5.41, 5.74) is 2.75. The molecule has 0 atom stereocenters. The van der Waals surface area contributed by atoms with Gasteiger partial charge in [-0.15, -0.1) is 0 Å². The van der Waals surface area contributed by atoms with Gasteiger partial charge >= 0.3 is 0 Å². The molecule has 5 nitrogen and oxygen atoms in total. The third-order valence-electron chi connectivity index (χ3n) is 3.71. The quantitative estimate of drug-likeness (QED) is 0.490. The fraction of sp³-hybridized carbons (Fsp3) is 0.389. The van der Waals surface area contributed by atoms with Gasteiger partial charge in [-0.25, -0.2) is 4.98 Å². The number of nitrogens with zero attached hydrogens (tertiary/aromatic N) is 2. The lowest BCUT2D eigenvalue weighted by Crippen LogP contribution is -2.15. The number of aromatic nitrogens is 2. The molecule has 1 heterocycles. The minimum Gasteiger partial charge on any atom is -0.494 e. The lowest BCUT2D eigenvalue weighted by molar-refractivity contribution is 0.309. The van der Waals surface area contributed by atoms with Gasteiger partial charge in [0, 0.05) is 5.56 Å². The second-order valence-electron chi connectivity index (χ2n) is 5.54. The Bertz CT molecular complexity index is 814. The normalized spacial score (nSPS) is 10.5. The van der Waals surface area contributed by atoms with Crippen LogP contribution in [0.3, 0.4) is 0 Å². The van der Waals surface area contributed by atoms with Gasteiger partial charge in [0.1, 0.15) is 17.4 Å². The van der Waals surface area contributed by atoms with Crippen molar-refractivity contribution in [1.82, 2.24) is 9.97 Å². The van der Waals surface area contributed by atoms with E-state index in [1.54, 1.807) is 0 Å². The van der Waals surface area contributed by atoms with Gasteiger partial charge in [0.2, 0.25) is 0 Å². The van der Waals surface area contributed by atoms with Crippen LogP contribution in [0.15, 0.2) is 22.1 Å². The van der Waals surface area contributed by atoms with E-state index < -0.39 is 5.56 Å². The van der Waals surface area contributed by atoms with Gasteiger partial charge in [0.05, 0.1) is 12.3 Å². The highest BCUT2D eigenvalue weighted by Gasteiger charge is 2.17. The molecule has 0 bridgehead atoms. The molecule has 0 saturated heterocycles. The molecule has 0 amide bonds. The Kier molecular flexibility index (Phi) is 6.04. The van der Waals surface area contributed by atoms with Gasteiger partial charge in [0.25, 0.3) is 5.56 Å². The van der Waals surface area contributed by atoms with Crippen LogP contribution in [-0.4, -0.2) is 22.8 Å². The van der Waals surface area contributed by atoms with Crippen molar-refractivity contribution >= 4 is 11.8 Å². The maximum atomic E-state index is 12.1. The molecule has 0 aliphatic heterocycles. The first-order valence-electron chi connectivity index (χ1n) is 7.84. The molecule has 0 aliphatic rings. The zero-order valence-corrected chi connectivity index (χ0v) is 15.2. The van der Waals surface area contributed by atoms with Crippen molar-refractivity contribution in [3.8, 4) is 23.1 Å². The third-order valence-corrected chi connectivity index (χ3v) is 4.29. The largest absolute Gasteiger partial charge is 0.494 e. The zero-order chi connectivity index (χ0) is 17.7. The van der Waals surface area contributed by atoms with E-state index >= 15 is 0 Å². The number of benzene rings is 1. The van der Waals surface area contributed by atoms with Gasteiger partial charge in [-0.3, -0.25) is 4.79 Å². The van der Waals surface area contributed by atoms with E-state index in [-0.39, 0.29) is 5.56 Å². The topological polar surface area (TPSA) is 78.8 Å². The predicted octanol–water partition coefficient (Wildman–Crippen LogP) is 3.83. The molecule has 6 heteroatoms. The summed E-state index contributed by atoms with van der Waals surface area (Å²) in [6, 6.07) is 5.84. The molecule has 0 radical (unpaired) electrons. The Morgan fingerprint density at radius 2 is 2.00 bits per heavy atom. The number of unbranched alkanes of at least 4 members (excludes halogenated alkanes) is 1. The Morgan fingerprint density at radius 3 is 2.54 bits per heavy atom. The number of hydrogen-bond donors (Lipinski definition) is 1. The number of nitrogens with one attached hydrogen (secondary N) is 1. The Balaban J connectivity index is 2.55. The van der Waals surface area contributed by atoms with Crippen molar-refractivity contribution in [2.24, 2.45) is 0 Å². The molecule has 2 rings (SSSR count). The molecule has 0 aliphatic carbocycles. The predicted molar refractivity (Wildman–Crippen MR) is 96.7 cm³/mol. The average Bonchev–Trinajstić information content (AvgIpc) is 2.54. The van der Waals surface area contributed by atoms with E-state index in [0.717, 1.165) is 35.3 Å². The summed E-state index contributed by atoms with van der Waals surface area (Å²) in [6.07, 6.45) is 3.92. The first-order valence-corrected chi connectivity index (χ1v) is 9.07. The van der Waals surface area contributed by atoms with Crippen LogP contribution in [0, 0.1) is 25.2 Å². The Labute approximate surface area is 146 Å². The number of H-pyrrole nitrogens is 1. The molecular formula is C18H21N3O2S. The van der Waals surface area contributed by atoms with Gasteiger partial charge in [-0.1, -0.05) is 25.1 Å². The highest BCUT2D eigenvalue weighted by molar-refractivity contribution is 7.98. The van der Waals surface area contributed by atoms with Crippen LogP contribution in [0.1, 0.15) is 36.5 Å². The molecular weight excluding hydrogens is 322 g/mol. The van der Waals surface area contributed by atoms with Gasteiger partial charge < -0.3 is 9.72 Å². The second kappa shape index (κ2) is 8.02. The minimum atomic E-state index is -0.408. The molecule has 0 saturated carbocycles. The number of hydrogen-bond acceptors (Lipinski definition) is 5. The molecule has 0 unspecified atom stereocenters. The molecule has 1 N–H and O–H groups in total. The lowest BCUT2D eigenvalue weighted by Gasteiger charge is -2.14. The van der Waals surface area contributed by atoms with E-state index in [9.17, 15) is 10.1 Å². The molecule has 24 heavy (non-hydrogen) atoms. The maximum absolute atomic E-state index is 12.1. The summed E-state index contributed by atoms with van der Waals surface area (Å²) in [7, 11) is 0. The van der Waals surface area contributed by atoms with E-state index in [2.05, 4.69) is 16.9 Å². The summed E-state index contributed by atoms with van der Waals surface area (Å²) in [5.74, 6) is 0.802. The van der Waals surface area contributed by atoms with Crippen molar-refractivity contribution in [2.45, 2.75) is 38.8 Å². The van der Waals surface area contributed by atoms with Crippen LogP contribution in [0.4, 0.5) is 0 Å². The van der Waals surface area contributed by atoms with Crippen molar-refractivity contribution in [3.05, 3.63) is 39.2 Å². The average molecular weight is 343 g/mol. The van der Waals surface area contributed by atoms with Crippen LogP contribution in [0.25, 0.3) is 11.3 Å². The van der Waals surface area contributed by atoms with Crippen LogP contribution in [0.2, 0.25) is 0 Å². The summed E-state index contributed by atoms with van der Waals surface area (Å²) in [4.78, 5) is 19.2. The highest BCUT2D eigenvalue weighted by Crippen LogP contribution is 2.31. The van der Waals surface area contributed by atoms with Crippen LogP contribution in [-0.2, 0) is 0 Å². The van der Waals surface area contributed by atoms with E-state index in [4.69, 9.17) is 4.74 Å². The Hall–Kier alpha value is -2.26. The number of aryl methyl sites for hydroxylation is 2. The van der Waals surface area contributed by atoms with Gasteiger partial charge in [-0.05, 0) is 49.8 Å². The number of nitriles is 1. The van der Waals surface area contributed by atoms with Gasteiger partial charge in [-0.2, -0.15) is 5.26 Å². The SMILES string of the molecule is CCCCOc1cc(C)c(-c2nc(SC)[nH]c(=O)c2C#N)c(C)c1. The van der Waals surface area contributed by atoms with E-state index in [0.29, 0.717) is 17.5 Å². The van der Waals surface area contributed by atoms with Crippen LogP contribution in [0.5, 0.6) is 5.75 Å². The fourth-order valence-corrected chi connectivity index (χ4v) is 2.93. The lowest BCUT2D eigenvalue weighted by atomic mass is 9.97. The fourth-order valence-electron chi connectivity index (χ4n) is 2.55. The Morgan fingerprint density at radius 1 is 1.33 bits per heavy atom. The molecule has 1 aromatic carbocycles. The zero-order valence-electron chi connectivity index (χ0n) is 14.4. The molecule has 126 valence electrons. The third kappa shape index (κ3) is 3.80. The first-order chi connectivity index (χ1) is 11.5. The summed E-state index contributed by atoms with van der Waals surface area (Å²) < 4.78 is 5.77. The van der Waals surface area contributed by atoms with Crippen molar-refractivity contribution in [3.63, 3.8) is 0 Å². The highest BCUT2D eigenvalue weighted by atomic mass is 32.2. The smallest absolute Gasteiger partial charge is 0.270 e. The summed E-state index contributed by atoms with van der Waals surface area (Å²) in [5, 5.41) is 9.86. The number of ether oxygens (including phenoxy) is 1. The molecule has 0 fully saturated rings. The van der Waals surface area contributed by atoms with E-state index in [1.165, 1.54) is 11.8 Å². The maximum Gasteiger partial charge on any atom is 0.270 e. The van der Waals surface area contributed by atoms with Crippen LogP contribution >= 0.6 is 11.8 Å². The van der Waals surface area contributed by atoms with Crippen LogP contribution < -0.4 is 10.3 Å². The van der Waals surface area contributed by atoms with E-state index in [1.807, 2.05) is 38.3 Å². The number of aromatic amines is 1. The van der Waals surface area contributed by atoms with Crippen molar-refractivity contribution < 1.29 is 4.74 Å². The monoisotopic (exact) mass is 343 g/mol. The molecule has 1 aromatic heterocycles. The summed E-state index contributed by atoms with van der Waals surface area (Å²) in [6.45, 7) is 6.68. The number of thioether (sulfide) groups is 1. The van der Waals surface area contributed by atoms with Crippen molar-refractivity contribution in [1.29, 1.82) is 5.26 Å². The van der Waals surface area contributed by atoms with Gasteiger partial charge in [0.15, 0.2) is 5.16 Å². The minimum absolute atomic E-state index is 0.0404. The summed E-state index contributed by atoms with van der Waals surface area (Å²) >= 11 is 1.34. The standard InChI is InChI=1S/C18H21N3O2S/c1-5-6-7-23-13-8-11(2)15(12(3)9-13)16-14(10-19)17(22)21-18(20-16)24-4/h8-9H,5-7H2,1-4H3,(H,20,21,22). The first kappa shape index (κ1) is 18.1. The molecule has 2 aromatic rings. The number of rotatable bonds is 6.